The van der Waals surface area contributed by atoms with Crippen molar-refractivity contribution in [3.05, 3.63) is 28.2 Å². The van der Waals surface area contributed by atoms with Crippen LogP contribution in [-0.2, 0) is 0 Å². The average molecular weight is 253 g/mol. The normalized spacial score (nSPS) is 11.5. The van der Waals surface area contributed by atoms with Crippen molar-refractivity contribution in [2.75, 3.05) is 0 Å². The third kappa shape index (κ3) is 1.02. The molecule has 13 heavy (non-hydrogen) atoms. The second kappa shape index (κ2) is 2.56. The van der Waals surface area contributed by atoms with Crippen molar-refractivity contribution in [1.29, 1.82) is 0 Å². The molecule has 0 saturated heterocycles. The molecule has 0 aliphatic heterocycles. The molecule has 0 aliphatic carbocycles. The summed E-state index contributed by atoms with van der Waals surface area (Å²) in [5.74, 6) is 0. The van der Waals surface area contributed by atoms with Crippen LogP contribution in [0.1, 0.15) is 0 Å². The number of nitrogens with one attached hydrogen (secondary N) is 1. The molecule has 0 saturated carbocycles. The van der Waals surface area contributed by atoms with Gasteiger partial charge in [0.2, 0.25) is 0 Å². The van der Waals surface area contributed by atoms with E-state index in [-0.39, 0.29) is 0 Å². The zero-order valence-electron chi connectivity index (χ0n) is 6.54. The lowest BCUT2D eigenvalue weighted by atomic mass is 10.3. The van der Waals surface area contributed by atoms with Gasteiger partial charge in [-0.15, -0.1) is 11.3 Å². The zero-order valence-corrected chi connectivity index (χ0v) is 8.95. The lowest BCUT2D eigenvalue weighted by Gasteiger charge is -1.89. The molecule has 64 valence electrons. The van der Waals surface area contributed by atoms with Gasteiger partial charge in [-0.2, -0.15) is 0 Å². The molecular weight excluding hydrogens is 248 g/mol. The molecule has 3 rings (SSSR count). The van der Waals surface area contributed by atoms with E-state index in [4.69, 9.17) is 0 Å². The SMILES string of the molecule is Brc1cnc2c(c1)[nH]c1sccc12. The van der Waals surface area contributed by atoms with Gasteiger partial charge in [-0.25, -0.2) is 0 Å². The maximum atomic E-state index is 4.37. The van der Waals surface area contributed by atoms with E-state index in [1.54, 1.807) is 11.3 Å². The molecule has 0 atom stereocenters. The monoisotopic (exact) mass is 252 g/mol. The third-order valence-electron chi connectivity index (χ3n) is 2.02. The molecule has 0 spiro atoms. The largest absolute Gasteiger partial charge is 0.345 e. The second-order valence-corrected chi connectivity index (χ2v) is 4.67. The Morgan fingerprint density at radius 2 is 2.38 bits per heavy atom. The van der Waals surface area contributed by atoms with Crippen LogP contribution in [0.4, 0.5) is 0 Å². The van der Waals surface area contributed by atoms with E-state index in [0.29, 0.717) is 0 Å². The lowest BCUT2D eigenvalue weighted by molar-refractivity contribution is 1.39. The summed E-state index contributed by atoms with van der Waals surface area (Å²) in [6, 6.07) is 4.15. The first-order valence-electron chi connectivity index (χ1n) is 3.85. The minimum Gasteiger partial charge on any atom is -0.345 e. The topological polar surface area (TPSA) is 28.7 Å². The zero-order chi connectivity index (χ0) is 8.84. The van der Waals surface area contributed by atoms with Gasteiger partial charge >= 0.3 is 0 Å². The Balaban J connectivity index is 2.59. The van der Waals surface area contributed by atoms with Gasteiger partial charge in [-0.1, -0.05) is 0 Å². The molecular formula is C9H5BrN2S. The standard InChI is InChI=1S/C9H5BrN2S/c10-5-3-7-8(11-4-5)6-1-2-13-9(6)12-7/h1-4,12H. The van der Waals surface area contributed by atoms with Crippen LogP contribution in [0, 0.1) is 0 Å². The Hall–Kier alpha value is -0.870. The third-order valence-corrected chi connectivity index (χ3v) is 3.29. The van der Waals surface area contributed by atoms with E-state index in [1.807, 2.05) is 6.20 Å². The number of pyridine rings is 1. The maximum absolute atomic E-state index is 4.37. The number of aromatic amines is 1. The fraction of sp³-hybridized carbons (Fsp3) is 0. The summed E-state index contributed by atoms with van der Waals surface area (Å²) < 4.78 is 1.01. The van der Waals surface area contributed by atoms with Crippen molar-refractivity contribution < 1.29 is 0 Å². The molecule has 0 aromatic carbocycles. The van der Waals surface area contributed by atoms with Crippen molar-refractivity contribution in [3.63, 3.8) is 0 Å². The highest BCUT2D eigenvalue weighted by Crippen LogP contribution is 2.28. The number of hydrogen-bond donors (Lipinski definition) is 1. The molecule has 2 nitrogen and oxygen atoms in total. The predicted octanol–water partition coefficient (Wildman–Crippen LogP) is 3.54. The van der Waals surface area contributed by atoms with Crippen LogP contribution in [-0.4, -0.2) is 9.97 Å². The van der Waals surface area contributed by atoms with Gasteiger partial charge in [-0.05, 0) is 33.4 Å². The fourth-order valence-electron chi connectivity index (χ4n) is 1.46. The van der Waals surface area contributed by atoms with E-state index in [1.165, 1.54) is 10.2 Å². The van der Waals surface area contributed by atoms with Gasteiger partial charge in [0, 0.05) is 16.1 Å². The summed E-state index contributed by atoms with van der Waals surface area (Å²) in [7, 11) is 0. The van der Waals surface area contributed by atoms with Gasteiger partial charge in [0.25, 0.3) is 0 Å². The summed E-state index contributed by atoms with van der Waals surface area (Å²) in [6.07, 6.45) is 1.83. The number of thiophene rings is 1. The maximum Gasteiger partial charge on any atom is 0.102 e. The van der Waals surface area contributed by atoms with E-state index in [2.05, 4.69) is 43.4 Å². The van der Waals surface area contributed by atoms with Crippen LogP contribution in [0.25, 0.3) is 21.3 Å². The van der Waals surface area contributed by atoms with Gasteiger partial charge in [0.15, 0.2) is 0 Å². The van der Waals surface area contributed by atoms with Crippen LogP contribution >= 0.6 is 27.3 Å². The van der Waals surface area contributed by atoms with Crippen molar-refractivity contribution >= 4 is 48.5 Å². The van der Waals surface area contributed by atoms with Crippen molar-refractivity contribution in [2.45, 2.75) is 0 Å². The molecule has 4 heteroatoms. The molecule has 3 aromatic heterocycles. The first kappa shape index (κ1) is 7.53. The number of fused-ring (bicyclic) bond motifs is 3. The summed E-state index contributed by atoms with van der Waals surface area (Å²) >= 11 is 5.11. The molecule has 0 amide bonds. The van der Waals surface area contributed by atoms with Gasteiger partial charge in [0.05, 0.1) is 11.0 Å². The van der Waals surface area contributed by atoms with E-state index < -0.39 is 0 Å². The number of halogens is 1. The first-order chi connectivity index (χ1) is 6.34. The lowest BCUT2D eigenvalue weighted by Crippen LogP contribution is -1.73. The highest BCUT2D eigenvalue weighted by Gasteiger charge is 2.05. The average Bonchev–Trinajstić information content (AvgIpc) is 2.62. The van der Waals surface area contributed by atoms with Crippen LogP contribution in [0.15, 0.2) is 28.2 Å². The summed E-state index contributed by atoms with van der Waals surface area (Å²) in [4.78, 5) is 8.89. The molecule has 0 unspecified atom stereocenters. The van der Waals surface area contributed by atoms with Crippen molar-refractivity contribution in [3.8, 4) is 0 Å². The van der Waals surface area contributed by atoms with Gasteiger partial charge in [-0.3, -0.25) is 4.98 Å². The van der Waals surface area contributed by atoms with Crippen molar-refractivity contribution in [2.24, 2.45) is 0 Å². The molecule has 0 fully saturated rings. The summed E-state index contributed by atoms with van der Waals surface area (Å²) in [5.41, 5.74) is 2.15. The van der Waals surface area contributed by atoms with E-state index in [0.717, 1.165) is 15.5 Å². The predicted molar refractivity (Wildman–Crippen MR) is 59.2 cm³/mol. The smallest absolute Gasteiger partial charge is 0.102 e. The molecule has 0 aliphatic rings. The summed E-state index contributed by atoms with van der Waals surface area (Å²) in [6.45, 7) is 0. The first-order valence-corrected chi connectivity index (χ1v) is 5.52. The molecule has 1 N–H and O–H groups in total. The van der Waals surface area contributed by atoms with Crippen LogP contribution < -0.4 is 0 Å². The molecule has 0 radical (unpaired) electrons. The number of H-pyrrole nitrogens is 1. The number of hydrogen-bond acceptors (Lipinski definition) is 2. The Kier molecular flexibility index (Phi) is 1.48. The minimum absolute atomic E-state index is 1.01. The Morgan fingerprint density at radius 3 is 3.31 bits per heavy atom. The molecule has 3 aromatic rings. The van der Waals surface area contributed by atoms with Crippen LogP contribution in [0.5, 0.6) is 0 Å². The van der Waals surface area contributed by atoms with E-state index >= 15 is 0 Å². The highest BCUT2D eigenvalue weighted by molar-refractivity contribution is 9.10. The summed E-state index contributed by atoms with van der Waals surface area (Å²) in [5, 5.41) is 3.29. The van der Waals surface area contributed by atoms with E-state index in [9.17, 15) is 0 Å². The van der Waals surface area contributed by atoms with Gasteiger partial charge < -0.3 is 4.98 Å². The Labute approximate surface area is 86.7 Å². The van der Waals surface area contributed by atoms with Crippen molar-refractivity contribution in [1.82, 2.24) is 9.97 Å². The molecule has 3 heterocycles. The minimum atomic E-state index is 1.01. The number of nitrogens with zero attached hydrogens (tertiary/aromatic N) is 1. The van der Waals surface area contributed by atoms with Gasteiger partial charge in [0.1, 0.15) is 4.83 Å². The fourth-order valence-corrected chi connectivity index (χ4v) is 2.60. The molecule has 0 bridgehead atoms. The number of rotatable bonds is 0. The van der Waals surface area contributed by atoms with Crippen LogP contribution in [0.3, 0.4) is 0 Å². The Bertz CT molecular complexity index is 581. The second-order valence-electron chi connectivity index (χ2n) is 2.84. The number of aromatic nitrogens is 2. The highest BCUT2D eigenvalue weighted by atomic mass is 79.9. The Morgan fingerprint density at radius 1 is 1.46 bits per heavy atom. The van der Waals surface area contributed by atoms with Crippen LogP contribution in [0.2, 0.25) is 0 Å². The quantitative estimate of drug-likeness (QED) is 0.652.